The Hall–Kier alpha value is -1.32. The van der Waals surface area contributed by atoms with Gasteiger partial charge in [-0.1, -0.05) is 23.7 Å². The van der Waals surface area contributed by atoms with E-state index in [-0.39, 0.29) is 5.91 Å². The number of hydrogen-bond acceptors (Lipinski definition) is 2. The summed E-state index contributed by atoms with van der Waals surface area (Å²) in [6.07, 6.45) is 7.72. The van der Waals surface area contributed by atoms with Crippen molar-refractivity contribution in [3.63, 3.8) is 0 Å². The van der Waals surface area contributed by atoms with E-state index in [4.69, 9.17) is 17.3 Å². The van der Waals surface area contributed by atoms with Gasteiger partial charge in [-0.2, -0.15) is 0 Å². The SMILES string of the molecule is NCCC1CCCCN1C(=O)/C=C/c1ccc(Cl)cc1. The second-order valence-electron chi connectivity index (χ2n) is 5.14. The molecule has 108 valence electrons. The van der Waals surface area contributed by atoms with Gasteiger partial charge in [0.25, 0.3) is 0 Å². The van der Waals surface area contributed by atoms with E-state index in [0.717, 1.165) is 31.4 Å². The predicted molar refractivity (Wildman–Crippen MR) is 83.5 cm³/mol. The molecule has 1 fully saturated rings. The molecule has 1 unspecified atom stereocenters. The van der Waals surface area contributed by atoms with Gasteiger partial charge in [0.05, 0.1) is 0 Å². The molecule has 1 aromatic carbocycles. The fourth-order valence-electron chi connectivity index (χ4n) is 2.62. The van der Waals surface area contributed by atoms with Crippen molar-refractivity contribution in [1.82, 2.24) is 4.90 Å². The molecule has 1 heterocycles. The number of rotatable bonds is 4. The molecule has 3 nitrogen and oxygen atoms in total. The summed E-state index contributed by atoms with van der Waals surface area (Å²) in [4.78, 5) is 14.3. The predicted octanol–water partition coefficient (Wildman–Crippen LogP) is 3.08. The van der Waals surface area contributed by atoms with E-state index < -0.39 is 0 Å². The highest BCUT2D eigenvalue weighted by Crippen LogP contribution is 2.20. The topological polar surface area (TPSA) is 46.3 Å². The van der Waals surface area contributed by atoms with Gasteiger partial charge in [0.2, 0.25) is 5.91 Å². The molecule has 0 spiro atoms. The molecule has 20 heavy (non-hydrogen) atoms. The van der Waals surface area contributed by atoms with E-state index in [9.17, 15) is 4.79 Å². The van der Waals surface area contributed by atoms with Crippen molar-refractivity contribution in [2.24, 2.45) is 5.73 Å². The number of nitrogens with two attached hydrogens (primary N) is 1. The maximum absolute atomic E-state index is 12.3. The highest BCUT2D eigenvalue weighted by molar-refractivity contribution is 6.30. The van der Waals surface area contributed by atoms with Gasteiger partial charge in [0.1, 0.15) is 0 Å². The van der Waals surface area contributed by atoms with Gasteiger partial charge < -0.3 is 10.6 Å². The molecule has 0 radical (unpaired) electrons. The average Bonchev–Trinajstić information content (AvgIpc) is 2.47. The maximum atomic E-state index is 12.3. The van der Waals surface area contributed by atoms with Crippen LogP contribution in [0.3, 0.4) is 0 Å². The first-order chi connectivity index (χ1) is 9.70. The highest BCUT2D eigenvalue weighted by Gasteiger charge is 2.24. The van der Waals surface area contributed by atoms with Crippen LogP contribution < -0.4 is 5.73 Å². The van der Waals surface area contributed by atoms with Crippen molar-refractivity contribution in [1.29, 1.82) is 0 Å². The molecule has 0 aromatic heterocycles. The summed E-state index contributed by atoms with van der Waals surface area (Å²) in [6, 6.07) is 7.75. The number of amides is 1. The summed E-state index contributed by atoms with van der Waals surface area (Å²) < 4.78 is 0. The lowest BCUT2D eigenvalue weighted by Gasteiger charge is -2.35. The number of hydrogen-bond donors (Lipinski definition) is 1. The summed E-state index contributed by atoms with van der Waals surface area (Å²) >= 11 is 5.84. The molecule has 2 rings (SSSR count). The Labute approximate surface area is 125 Å². The Kier molecular flexibility index (Phi) is 5.62. The fourth-order valence-corrected chi connectivity index (χ4v) is 2.75. The lowest BCUT2D eigenvalue weighted by atomic mass is 9.99. The van der Waals surface area contributed by atoms with E-state index in [1.165, 1.54) is 6.42 Å². The molecule has 0 saturated carbocycles. The van der Waals surface area contributed by atoms with Crippen molar-refractivity contribution in [2.75, 3.05) is 13.1 Å². The van der Waals surface area contributed by atoms with Crippen LogP contribution in [0.2, 0.25) is 5.02 Å². The zero-order valence-corrected chi connectivity index (χ0v) is 12.4. The van der Waals surface area contributed by atoms with Crippen LogP contribution in [-0.4, -0.2) is 29.9 Å². The van der Waals surface area contributed by atoms with Crippen LogP contribution in [0.5, 0.6) is 0 Å². The van der Waals surface area contributed by atoms with Gasteiger partial charge >= 0.3 is 0 Å². The standard InChI is InChI=1S/C16H21ClN2O/c17-14-7-4-13(5-8-14)6-9-16(20)19-12-2-1-3-15(19)10-11-18/h4-9,15H,1-3,10-12,18H2/b9-6+. The van der Waals surface area contributed by atoms with Crippen LogP contribution in [0.4, 0.5) is 0 Å². The van der Waals surface area contributed by atoms with E-state index in [0.29, 0.717) is 17.6 Å². The minimum atomic E-state index is 0.0816. The normalized spacial score (nSPS) is 19.5. The number of nitrogens with zero attached hydrogens (tertiary/aromatic N) is 1. The first-order valence-corrected chi connectivity index (χ1v) is 7.53. The van der Waals surface area contributed by atoms with E-state index in [2.05, 4.69) is 0 Å². The molecule has 0 bridgehead atoms. The van der Waals surface area contributed by atoms with Crippen LogP contribution in [-0.2, 0) is 4.79 Å². The molecule has 4 heteroatoms. The molecule has 1 aliphatic rings. The van der Waals surface area contributed by atoms with Gasteiger partial charge in [-0.05, 0) is 56.0 Å². The number of halogens is 1. The molecule has 1 saturated heterocycles. The smallest absolute Gasteiger partial charge is 0.246 e. The Bertz CT molecular complexity index is 468. The minimum absolute atomic E-state index is 0.0816. The van der Waals surface area contributed by atoms with Gasteiger partial charge in [0, 0.05) is 23.7 Å². The van der Waals surface area contributed by atoms with Gasteiger partial charge in [-0.3, -0.25) is 4.79 Å². The Balaban J connectivity index is 2.00. The first-order valence-electron chi connectivity index (χ1n) is 7.15. The third-order valence-electron chi connectivity index (χ3n) is 3.70. The van der Waals surface area contributed by atoms with E-state index in [1.54, 1.807) is 6.08 Å². The van der Waals surface area contributed by atoms with Crippen molar-refractivity contribution < 1.29 is 4.79 Å². The van der Waals surface area contributed by atoms with Crippen LogP contribution in [0, 0.1) is 0 Å². The van der Waals surface area contributed by atoms with Crippen LogP contribution in [0.15, 0.2) is 30.3 Å². The van der Waals surface area contributed by atoms with E-state index in [1.807, 2.05) is 35.2 Å². The monoisotopic (exact) mass is 292 g/mol. The van der Waals surface area contributed by atoms with Crippen LogP contribution >= 0.6 is 11.6 Å². The Morgan fingerprint density at radius 3 is 2.80 bits per heavy atom. The molecule has 1 aromatic rings. The summed E-state index contributed by atoms with van der Waals surface area (Å²) in [7, 11) is 0. The number of carbonyl (C=O) groups is 1. The molecule has 1 aliphatic heterocycles. The first kappa shape index (κ1) is 15.1. The maximum Gasteiger partial charge on any atom is 0.246 e. The number of piperidine rings is 1. The summed E-state index contributed by atoms with van der Waals surface area (Å²) in [5.74, 6) is 0.0816. The van der Waals surface area contributed by atoms with Crippen molar-refractivity contribution in [2.45, 2.75) is 31.7 Å². The van der Waals surface area contributed by atoms with Crippen molar-refractivity contribution >= 4 is 23.6 Å². The fraction of sp³-hybridized carbons (Fsp3) is 0.438. The zero-order chi connectivity index (χ0) is 14.4. The molecular weight excluding hydrogens is 272 g/mol. The quantitative estimate of drug-likeness (QED) is 0.867. The summed E-state index contributed by atoms with van der Waals surface area (Å²) in [5.41, 5.74) is 6.61. The second kappa shape index (κ2) is 7.46. The van der Waals surface area contributed by atoms with Crippen LogP contribution in [0.25, 0.3) is 6.08 Å². The van der Waals surface area contributed by atoms with Crippen molar-refractivity contribution in [3.8, 4) is 0 Å². The largest absolute Gasteiger partial charge is 0.336 e. The Morgan fingerprint density at radius 2 is 2.10 bits per heavy atom. The number of likely N-dealkylation sites (tertiary alicyclic amines) is 1. The lowest BCUT2D eigenvalue weighted by molar-refractivity contribution is -0.129. The van der Waals surface area contributed by atoms with Gasteiger partial charge in [-0.15, -0.1) is 0 Å². The molecular formula is C16H21ClN2O. The van der Waals surface area contributed by atoms with Crippen LogP contribution in [0.1, 0.15) is 31.2 Å². The summed E-state index contributed by atoms with van der Waals surface area (Å²) in [5, 5.41) is 0.701. The van der Waals surface area contributed by atoms with Crippen molar-refractivity contribution in [3.05, 3.63) is 40.9 Å². The number of carbonyl (C=O) groups excluding carboxylic acids is 1. The molecule has 1 amide bonds. The third kappa shape index (κ3) is 4.09. The molecule has 1 atom stereocenters. The highest BCUT2D eigenvalue weighted by atomic mass is 35.5. The second-order valence-corrected chi connectivity index (χ2v) is 5.58. The average molecular weight is 293 g/mol. The third-order valence-corrected chi connectivity index (χ3v) is 3.95. The summed E-state index contributed by atoms with van der Waals surface area (Å²) in [6.45, 7) is 1.48. The van der Waals surface area contributed by atoms with Gasteiger partial charge in [-0.25, -0.2) is 0 Å². The lowest BCUT2D eigenvalue weighted by Crippen LogP contribution is -2.43. The number of benzene rings is 1. The van der Waals surface area contributed by atoms with E-state index >= 15 is 0 Å². The van der Waals surface area contributed by atoms with Gasteiger partial charge in [0.15, 0.2) is 0 Å². The zero-order valence-electron chi connectivity index (χ0n) is 11.6. The molecule has 0 aliphatic carbocycles. The Morgan fingerprint density at radius 1 is 1.35 bits per heavy atom. The molecule has 2 N–H and O–H groups in total. The minimum Gasteiger partial charge on any atom is -0.336 e.